The monoisotopic (exact) mass is 229 g/mol. The van der Waals surface area contributed by atoms with Crippen molar-refractivity contribution in [2.45, 2.75) is 0 Å². The Kier molecular flexibility index (Phi) is 2.19. The second-order valence-electron chi connectivity index (χ2n) is 3.93. The first kappa shape index (κ1) is 10.3. The fourth-order valence-electron chi connectivity index (χ4n) is 2.15. The SMILES string of the molecule is N#CC(C#N)=c1cccc2c1=Nc1ccccc1-2. The summed E-state index contributed by atoms with van der Waals surface area (Å²) in [6.45, 7) is 0. The summed E-state index contributed by atoms with van der Waals surface area (Å²) in [7, 11) is 0. The van der Waals surface area contributed by atoms with E-state index in [-0.39, 0.29) is 5.57 Å². The summed E-state index contributed by atoms with van der Waals surface area (Å²) in [5.41, 5.74) is 3.01. The van der Waals surface area contributed by atoms with E-state index in [4.69, 9.17) is 10.5 Å². The lowest BCUT2D eigenvalue weighted by molar-refractivity contribution is 1.36. The number of benzene rings is 2. The molecule has 0 spiro atoms. The fourth-order valence-corrected chi connectivity index (χ4v) is 2.15. The normalized spacial score (nSPS) is 10.6. The fraction of sp³-hybridized carbons (Fsp3) is 0. The van der Waals surface area contributed by atoms with E-state index in [0.29, 0.717) is 5.22 Å². The largest absolute Gasteiger partial charge is 0.247 e. The number of hydrogen-bond acceptors (Lipinski definition) is 3. The Balaban J connectivity index is 2.50. The molecule has 1 heterocycles. The molecule has 0 saturated carbocycles. The van der Waals surface area contributed by atoms with Crippen molar-refractivity contribution in [1.29, 1.82) is 10.5 Å². The maximum Gasteiger partial charge on any atom is 0.139 e. The summed E-state index contributed by atoms with van der Waals surface area (Å²) in [5, 5.41) is 19.3. The molecule has 0 radical (unpaired) electrons. The van der Waals surface area contributed by atoms with Gasteiger partial charge in [-0.25, -0.2) is 4.99 Å². The minimum atomic E-state index is 0.100. The molecule has 3 nitrogen and oxygen atoms in total. The molecule has 0 aliphatic carbocycles. The van der Waals surface area contributed by atoms with E-state index >= 15 is 0 Å². The molecule has 0 fully saturated rings. The Morgan fingerprint density at radius 3 is 2.39 bits per heavy atom. The van der Waals surface area contributed by atoms with Crippen LogP contribution in [0.25, 0.3) is 16.7 Å². The minimum Gasteiger partial charge on any atom is -0.247 e. The third-order valence-corrected chi connectivity index (χ3v) is 2.96. The first-order valence-electron chi connectivity index (χ1n) is 5.47. The molecule has 1 aliphatic heterocycles. The molecule has 0 saturated heterocycles. The van der Waals surface area contributed by atoms with E-state index in [2.05, 4.69) is 4.99 Å². The molecule has 0 aromatic heterocycles. The second-order valence-corrected chi connectivity index (χ2v) is 3.93. The Labute approximate surface area is 104 Å². The molecule has 0 bridgehead atoms. The van der Waals surface area contributed by atoms with E-state index in [1.165, 1.54) is 0 Å². The number of nitrogens with zero attached hydrogens (tertiary/aromatic N) is 3. The molecule has 82 valence electrons. The molecule has 18 heavy (non-hydrogen) atoms. The van der Waals surface area contributed by atoms with Crippen LogP contribution in [-0.2, 0) is 0 Å². The Morgan fingerprint density at radius 2 is 1.61 bits per heavy atom. The third-order valence-electron chi connectivity index (χ3n) is 2.96. The minimum absolute atomic E-state index is 0.100. The van der Waals surface area contributed by atoms with Crippen LogP contribution in [0.1, 0.15) is 0 Å². The lowest BCUT2D eigenvalue weighted by atomic mass is 10.0. The Morgan fingerprint density at radius 1 is 0.889 bits per heavy atom. The molecule has 2 aromatic carbocycles. The maximum absolute atomic E-state index is 8.98. The van der Waals surface area contributed by atoms with Gasteiger partial charge in [-0.3, -0.25) is 0 Å². The van der Waals surface area contributed by atoms with Crippen LogP contribution in [0.3, 0.4) is 0 Å². The van der Waals surface area contributed by atoms with Gasteiger partial charge in [0, 0.05) is 16.3 Å². The van der Waals surface area contributed by atoms with Crippen LogP contribution < -0.4 is 10.6 Å². The summed E-state index contributed by atoms with van der Waals surface area (Å²) in [6, 6.07) is 17.2. The zero-order valence-corrected chi connectivity index (χ0v) is 9.38. The molecule has 0 atom stereocenters. The molecular formula is C15H7N3. The van der Waals surface area contributed by atoms with Gasteiger partial charge in [-0.1, -0.05) is 36.4 Å². The lowest BCUT2D eigenvalue weighted by Crippen LogP contribution is -2.26. The molecule has 2 aromatic rings. The summed E-state index contributed by atoms with van der Waals surface area (Å²) in [5.74, 6) is 0. The van der Waals surface area contributed by atoms with E-state index in [0.717, 1.165) is 22.2 Å². The highest BCUT2D eigenvalue weighted by atomic mass is 14.8. The van der Waals surface area contributed by atoms with Gasteiger partial charge < -0.3 is 0 Å². The van der Waals surface area contributed by atoms with E-state index in [1.807, 2.05) is 48.5 Å². The van der Waals surface area contributed by atoms with Crippen molar-refractivity contribution in [3.63, 3.8) is 0 Å². The van der Waals surface area contributed by atoms with Crippen molar-refractivity contribution in [3.8, 4) is 23.3 Å². The van der Waals surface area contributed by atoms with Crippen molar-refractivity contribution < 1.29 is 0 Å². The number of hydrogen-bond donors (Lipinski definition) is 0. The van der Waals surface area contributed by atoms with Crippen molar-refractivity contribution >= 4 is 11.3 Å². The summed E-state index contributed by atoms with van der Waals surface area (Å²) in [6.07, 6.45) is 0. The topological polar surface area (TPSA) is 59.9 Å². The number of fused-ring (bicyclic) bond motifs is 3. The zero-order chi connectivity index (χ0) is 12.5. The standard InChI is InChI=1S/C15H7N3/c16-8-10(9-17)11-5-3-6-13-12-4-1-2-7-14(12)18-15(11)13/h1-7H. The van der Waals surface area contributed by atoms with Crippen LogP contribution in [0.15, 0.2) is 47.5 Å². The maximum atomic E-state index is 8.98. The van der Waals surface area contributed by atoms with Crippen LogP contribution in [0.5, 0.6) is 0 Å². The predicted octanol–water partition coefficient (Wildman–Crippen LogP) is 1.82. The van der Waals surface area contributed by atoms with Crippen LogP contribution >= 0.6 is 0 Å². The molecule has 3 rings (SSSR count). The number of nitriles is 2. The van der Waals surface area contributed by atoms with Gasteiger partial charge in [0.05, 0.1) is 11.0 Å². The third kappa shape index (κ3) is 1.32. The highest BCUT2D eigenvalue weighted by molar-refractivity contribution is 5.81. The first-order valence-corrected chi connectivity index (χ1v) is 5.47. The summed E-state index contributed by atoms with van der Waals surface area (Å²) in [4.78, 5) is 4.51. The van der Waals surface area contributed by atoms with Crippen LogP contribution in [-0.4, -0.2) is 0 Å². The van der Waals surface area contributed by atoms with E-state index in [1.54, 1.807) is 6.07 Å². The van der Waals surface area contributed by atoms with Gasteiger partial charge in [0.25, 0.3) is 0 Å². The zero-order valence-electron chi connectivity index (χ0n) is 9.38. The van der Waals surface area contributed by atoms with Crippen molar-refractivity contribution in [2.75, 3.05) is 0 Å². The number of rotatable bonds is 0. The van der Waals surface area contributed by atoms with Crippen LogP contribution in [0, 0.1) is 22.7 Å². The van der Waals surface area contributed by atoms with Gasteiger partial charge in [-0.2, -0.15) is 10.5 Å². The van der Waals surface area contributed by atoms with E-state index in [9.17, 15) is 0 Å². The van der Waals surface area contributed by atoms with Crippen LogP contribution in [0.2, 0.25) is 0 Å². The first-order chi connectivity index (χ1) is 8.85. The predicted molar refractivity (Wildman–Crippen MR) is 67.0 cm³/mol. The highest BCUT2D eigenvalue weighted by Gasteiger charge is 2.14. The molecule has 0 unspecified atom stereocenters. The number of para-hydroxylation sites is 2. The average molecular weight is 229 g/mol. The lowest BCUT2D eigenvalue weighted by Gasteiger charge is -1.97. The molecule has 1 aliphatic rings. The second kappa shape index (κ2) is 3.84. The molecule has 3 heteroatoms. The quantitative estimate of drug-likeness (QED) is 0.590. The Hall–Kier alpha value is -2.91. The summed E-state index contributed by atoms with van der Waals surface area (Å²) < 4.78 is 0. The van der Waals surface area contributed by atoms with Gasteiger partial charge >= 0.3 is 0 Å². The summed E-state index contributed by atoms with van der Waals surface area (Å²) >= 11 is 0. The van der Waals surface area contributed by atoms with Gasteiger partial charge in [-0.05, 0) is 6.07 Å². The van der Waals surface area contributed by atoms with Crippen molar-refractivity contribution in [3.05, 3.63) is 53.0 Å². The Bertz CT molecular complexity index is 833. The van der Waals surface area contributed by atoms with Gasteiger partial charge in [-0.15, -0.1) is 0 Å². The molecule has 0 N–H and O–H groups in total. The van der Waals surface area contributed by atoms with Crippen molar-refractivity contribution in [2.24, 2.45) is 4.99 Å². The highest BCUT2D eigenvalue weighted by Crippen LogP contribution is 2.30. The van der Waals surface area contributed by atoms with Crippen molar-refractivity contribution in [1.82, 2.24) is 0 Å². The van der Waals surface area contributed by atoms with Gasteiger partial charge in [0.2, 0.25) is 0 Å². The van der Waals surface area contributed by atoms with Gasteiger partial charge in [0.1, 0.15) is 17.7 Å². The van der Waals surface area contributed by atoms with Gasteiger partial charge in [0.15, 0.2) is 0 Å². The average Bonchev–Trinajstić information content (AvgIpc) is 2.80. The smallest absolute Gasteiger partial charge is 0.139 e. The van der Waals surface area contributed by atoms with E-state index < -0.39 is 0 Å². The molecule has 0 amide bonds. The van der Waals surface area contributed by atoms with Crippen LogP contribution in [0.4, 0.5) is 5.69 Å². The molecular weight excluding hydrogens is 222 g/mol.